The fraction of sp³-hybridized carbons (Fsp3) is 0.0435. The zero-order chi connectivity index (χ0) is 25.2. The zero-order valence-electron chi connectivity index (χ0n) is 18.3. The van der Waals surface area contributed by atoms with Gasteiger partial charge in [0, 0.05) is 21.9 Å². The predicted molar refractivity (Wildman–Crippen MR) is 135 cm³/mol. The van der Waals surface area contributed by atoms with Crippen molar-refractivity contribution in [3.8, 4) is 11.1 Å². The van der Waals surface area contributed by atoms with Crippen LogP contribution in [0.25, 0.3) is 11.1 Å². The average Bonchev–Trinajstić information content (AvgIpc) is 3.22. The number of carbonyl (C=O) groups is 2. The molecule has 2 heterocycles. The quantitative estimate of drug-likeness (QED) is 0.339. The van der Waals surface area contributed by atoms with E-state index in [9.17, 15) is 18.0 Å². The Balaban J connectivity index is 1.53. The first-order chi connectivity index (χ1) is 16.6. The number of nitrogens with one attached hydrogen (secondary N) is 2. The normalized spacial score (nSPS) is 11.2. The van der Waals surface area contributed by atoms with Gasteiger partial charge in [-0.3, -0.25) is 4.79 Å². The number of hydrogen-bond acceptors (Lipinski definition) is 6. The van der Waals surface area contributed by atoms with E-state index in [-0.39, 0.29) is 10.6 Å². The number of amides is 2. The summed E-state index contributed by atoms with van der Waals surface area (Å²) in [5.74, 6) is -0.232. The molecule has 0 aliphatic heterocycles. The molecular weight excluding hydrogens is 536 g/mol. The molecule has 0 radical (unpaired) electrons. The van der Waals surface area contributed by atoms with Crippen molar-refractivity contribution in [3.05, 3.63) is 88.8 Å². The summed E-state index contributed by atoms with van der Waals surface area (Å²) < 4.78 is 25.5. The molecule has 2 amide bonds. The van der Waals surface area contributed by atoms with Crippen molar-refractivity contribution >= 4 is 49.4 Å². The number of nitrogens with two attached hydrogens (primary N) is 1. The lowest BCUT2D eigenvalue weighted by molar-refractivity contribution is 0.101. The Kier molecular flexibility index (Phi) is 6.78. The van der Waals surface area contributed by atoms with Gasteiger partial charge in [0.15, 0.2) is 0 Å². The molecule has 12 heteroatoms. The van der Waals surface area contributed by atoms with Gasteiger partial charge in [-0.25, -0.2) is 23.3 Å². The highest BCUT2D eigenvalue weighted by molar-refractivity contribution is 9.10. The lowest BCUT2D eigenvalue weighted by atomic mass is 10.1. The van der Waals surface area contributed by atoms with Crippen molar-refractivity contribution in [2.24, 2.45) is 5.14 Å². The second-order valence-corrected chi connectivity index (χ2v) is 9.89. The maximum atomic E-state index is 12.9. The fourth-order valence-corrected chi connectivity index (χ4v) is 4.30. The molecule has 0 aliphatic carbocycles. The maximum absolute atomic E-state index is 12.9. The molecule has 2 aromatic heterocycles. The van der Waals surface area contributed by atoms with Gasteiger partial charge in [0.1, 0.15) is 11.5 Å². The first-order valence-electron chi connectivity index (χ1n) is 10.1. The standard InChI is InChI=1S/C23H19BrN6O4S/c1-14-12-19(22(31)28-21-11-8-16(24)13-26-21)30(29-14)23(32)27-17-9-6-15(7-10-17)18-4-2-3-5-20(18)35(25,33)34/h2-13H,1H3,(H,27,32)(H2,25,33,34)(H,26,28,31). The minimum Gasteiger partial charge on any atom is -0.306 e. The number of anilines is 2. The van der Waals surface area contributed by atoms with Crippen molar-refractivity contribution in [1.29, 1.82) is 0 Å². The minimum absolute atomic E-state index is 0.000259. The highest BCUT2D eigenvalue weighted by Crippen LogP contribution is 2.27. The van der Waals surface area contributed by atoms with Crippen LogP contribution in [-0.2, 0) is 10.0 Å². The van der Waals surface area contributed by atoms with Crippen molar-refractivity contribution in [3.63, 3.8) is 0 Å². The molecule has 2 aromatic carbocycles. The smallest absolute Gasteiger partial charge is 0.306 e. The minimum atomic E-state index is -3.91. The highest BCUT2D eigenvalue weighted by Gasteiger charge is 2.20. The molecule has 0 saturated carbocycles. The molecule has 35 heavy (non-hydrogen) atoms. The van der Waals surface area contributed by atoms with E-state index in [0.717, 1.165) is 9.15 Å². The van der Waals surface area contributed by atoms with Crippen LogP contribution in [0, 0.1) is 6.92 Å². The Morgan fingerprint density at radius 2 is 1.71 bits per heavy atom. The lowest BCUT2D eigenvalue weighted by Crippen LogP contribution is -2.27. The number of aryl methyl sites for hydroxylation is 1. The second-order valence-electron chi connectivity index (χ2n) is 7.45. The van der Waals surface area contributed by atoms with Crippen LogP contribution in [0.15, 0.2) is 82.3 Å². The van der Waals surface area contributed by atoms with E-state index in [1.165, 1.54) is 18.3 Å². The molecule has 0 unspecified atom stereocenters. The summed E-state index contributed by atoms with van der Waals surface area (Å²) in [6.07, 6.45) is 1.54. The Hall–Kier alpha value is -3.87. The van der Waals surface area contributed by atoms with Crippen LogP contribution in [0.3, 0.4) is 0 Å². The summed E-state index contributed by atoms with van der Waals surface area (Å²) in [5, 5.41) is 14.7. The number of benzene rings is 2. The summed E-state index contributed by atoms with van der Waals surface area (Å²) >= 11 is 3.28. The van der Waals surface area contributed by atoms with E-state index < -0.39 is 22.0 Å². The summed E-state index contributed by atoms with van der Waals surface area (Å²) in [7, 11) is -3.91. The summed E-state index contributed by atoms with van der Waals surface area (Å²) in [6.45, 7) is 1.66. The van der Waals surface area contributed by atoms with E-state index in [0.29, 0.717) is 28.3 Å². The van der Waals surface area contributed by atoms with Gasteiger partial charge in [-0.1, -0.05) is 30.3 Å². The Morgan fingerprint density at radius 1 is 1.00 bits per heavy atom. The number of hydrogen-bond donors (Lipinski definition) is 3. The predicted octanol–water partition coefficient (Wildman–Crippen LogP) is 4.00. The zero-order valence-corrected chi connectivity index (χ0v) is 20.7. The van der Waals surface area contributed by atoms with Gasteiger partial charge in [-0.05, 0) is 64.8 Å². The number of nitrogens with zero attached hydrogens (tertiary/aromatic N) is 3. The van der Waals surface area contributed by atoms with Crippen LogP contribution in [0.1, 0.15) is 16.2 Å². The fourth-order valence-electron chi connectivity index (χ4n) is 3.31. The maximum Gasteiger partial charge on any atom is 0.347 e. The van der Waals surface area contributed by atoms with Crippen LogP contribution in [-0.4, -0.2) is 35.1 Å². The molecule has 4 N–H and O–H groups in total. The average molecular weight is 555 g/mol. The van der Waals surface area contributed by atoms with Gasteiger partial charge in [0.05, 0.1) is 10.6 Å². The van der Waals surface area contributed by atoms with Gasteiger partial charge in [0.2, 0.25) is 10.0 Å². The number of aromatic nitrogens is 3. The van der Waals surface area contributed by atoms with Crippen LogP contribution in [0.5, 0.6) is 0 Å². The van der Waals surface area contributed by atoms with Gasteiger partial charge in [-0.2, -0.15) is 9.78 Å². The molecule has 0 spiro atoms. The molecule has 0 atom stereocenters. The van der Waals surface area contributed by atoms with Crippen molar-refractivity contribution in [1.82, 2.24) is 14.8 Å². The number of halogens is 1. The molecule has 10 nitrogen and oxygen atoms in total. The van der Waals surface area contributed by atoms with Gasteiger partial charge >= 0.3 is 6.03 Å². The third-order valence-corrected chi connectivity index (χ3v) is 6.30. The number of sulfonamides is 1. The van der Waals surface area contributed by atoms with E-state index >= 15 is 0 Å². The molecule has 4 rings (SSSR count). The van der Waals surface area contributed by atoms with E-state index in [1.807, 2.05) is 0 Å². The first-order valence-corrected chi connectivity index (χ1v) is 12.5. The molecule has 0 fully saturated rings. The van der Waals surface area contributed by atoms with Crippen molar-refractivity contribution in [2.75, 3.05) is 10.6 Å². The van der Waals surface area contributed by atoms with Gasteiger partial charge in [-0.15, -0.1) is 0 Å². The van der Waals surface area contributed by atoms with Gasteiger partial charge in [0.25, 0.3) is 5.91 Å². The molecule has 0 saturated heterocycles. The number of rotatable bonds is 5. The molecule has 4 aromatic rings. The van der Waals surface area contributed by atoms with Crippen molar-refractivity contribution in [2.45, 2.75) is 11.8 Å². The number of carbonyl (C=O) groups excluding carboxylic acids is 2. The molecule has 0 bridgehead atoms. The summed E-state index contributed by atoms with van der Waals surface area (Å²) in [4.78, 5) is 29.7. The second kappa shape index (κ2) is 9.78. The Bertz CT molecular complexity index is 1520. The number of primary sulfonamides is 1. The Morgan fingerprint density at radius 3 is 2.37 bits per heavy atom. The molecule has 0 aliphatic rings. The van der Waals surface area contributed by atoms with Crippen LogP contribution in [0.2, 0.25) is 0 Å². The summed E-state index contributed by atoms with van der Waals surface area (Å²) in [5.41, 5.74) is 1.97. The van der Waals surface area contributed by atoms with Crippen molar-refractivity contribution < 1.29 is 18.0 Å². The van der Waals surface area contributed by atoms with E-state index in [2.05, 4.69) is 36.6 Å². The third kappa shape index (κ3) is 5.62. The monoisotopic (exact) mass is 554 g/mol. The molecule has 178 valence electrons. The van der Waals surface area contributed by atoms with E-state index in [1.54, 1.807) is 61.5 Å². The van der Waals surface area contributed by atoms with Gasteiger partial charge < -0.3 is 10.6 Å². The summed E-state index contributed by atoms with van der Waals surface area (Å²) in [6, 6.07) is 17.1. The van der Waals surface area contributed by atoms with Crippen LogP contribution < -0.4 is 15.8 Å². The lowest BCUT2D eigenvalue weighted by Gasteiger charge is -2.11. The highest BCUT2D eigenvalue weighted by atomic mass is 79.9. The van der Waals surface area contributed by atoms with Crippen LogP contribution >= 0.6 is 15.9 Å². The molecular formula is C23H19BrN6O4S. The van der Waals surface area contributed by atoms with E-state index in [4.69, 9.17) is 5.14 Å². The first kappa shape index (κ1) is 24.3. The Labute approximate surface area is 209 Å². The van der Waals surface area contributed by atoms with Crippen LogP contribution in [0.4, 0.5) is 16.3 Å². The SMILES string of the molecule is Cc1cc(C(=O)Nc2ccc(Br)cn2)n(C(=O)Nc2ccc(-c3ccccc3S(N)(=O)=O)cc2)n1. The topological polar surface area (TPSA) is 149 Å². The number of pyridine rings is 1. The largest absolute Gasteiger partial charge is 0.347 e. The third-order valence-electron chi connectivity index (χ3n) is 4.87.